The lowest BCUT2D eigenvalue weighted by atomic mass is 9.77. The molecular weight excluding hydrogens is 785 g/mol. The highest BCUT2D eigenvalue weighted by Gasteiger charge is 2.31. The molecule has 0 radical (unpaired) electrons. The predicted octanol–water partition coefficient (Wildman–Crippen LogP) is 3.63. The number of hydrogen-bond donors (Lipinski definition) is 6. The van der Waals surface area contributed by atoms with Crippen molar-refractivity contribution in [2.75, 3.05) is 33.7 Å². The number of benzene rings is 2. The number of nitrogens with one attached hydrogen (secondary N) is 4. The van der Waals surface area contributed by atoms with Crippen LogP contribution in [0.25, 0.3) is 10.8 Å². The Morgan fingerprint density at radius 1 is 0.885 bits per heavy atom. The summed E-state index contributed by atoms with van der Waals surface area (Å²) in [6.45, 7) is 5.82. The van der Waals surface area contributed by atoms with E-state index < -0.39 is 41.8 Å². The van der Waals surface area contributed by atoms with Gasteiger partial charge in [-0.25, -0.2) is 14.3 Å². The third kappa shape index (κ3) is 16.3. The molecule has 1 saturated carbocycles. The van der Waals surface area contributed by atoms with E-state index in [9.17, 15) is 38.7 Å². The van der Waals surface area contributed by atoms with Crippen LogP contribution in [0.1, 0.15) is 89.3 Å². The number of amides is 4. The number of nitrogens with zero attached hydrogens (tertiary/aromatic N) is 4. The Bertz CT molecular complexity index is 1990. The van der Waals surface area contributed by atoms with E-state index in [-0.39, 0.29) is 68.2 Å². The summed E-state index contributed by atoms with van der Waals surface area (Å²) in [6.07, 6.45) is 5.48. The van der Waals surface area contributed by atoms with Gasteiger partial charge in [-0.3, -0.25) is 24.0 Å². The molecule has 3 aromatic rings. The second kappa shape index (κ2) is 23.3. The quantitative estimate of drug-likeness (QED) is 0.0532. The molecule has 1 aliphatic rings. The number of urea groups is 1. The van der Waals surface area contributed by atoms with Crippen molar-refractivity contribution >= 4 is 52.1 Å². The molecule has 0 spiro atoms. The van der Waals surface area contributed by atoms with Crippen molar-refractivity contribution < 1.29 is 48.3 Å². The van der Waals surface area contributed by atoms with E-state index in [1.807, 2.05) is 48.7 Å². The largest absolute Gasteiger partial charge is 0.481 e. The molecule has 61 heavy (non-hydrogen) atoms. The molecule has 4 amide bonds. The van der Waals surface area contributed by atoms with Gasteiger partial charge in [0.2, 0.25) is 11.8 Å². The topological polar surface area (TPSA) is 239 Å². The first-order chi connectivity index (χ1) is 29.0. The SMILES string of the molecule is CC[N+](C)(C)Cc1cn(CC(=O)NCC2CCC(C(=O)C[C@@H](Cc3ccc4ccccc4c3)C(=O)NCCCC[C@H](NC(=O)N[C@@H](CCC(=O)O)C(C)=O)C(=O)O)CC2)nn1. The molecule has 332 valence electrons. The molecule has 1 heterocycles. The molecule has 1 aromatic heterocycles. The van der Waals surface area contributed by atoms with Crippen LogP contribution in [-0.4, -0.2) is 117 Å². The number of Topliss-reactive ketones (excluding diaryl/α,β-unsaturated/α-hetero) is 2. The van der Waals surface area contributed by atoms with Gasteiger partial charge in [-0.2, -0.15) is 0 Å². The molecule has 0 aliphatic heterocycles. The smallest absolute Gasteiger partial charge is 0.326 e. The fourth-order valence-electron chi connectivity index (χ4n) is 7.60. The number of carbonyl (C=O) groups is 7. The van der Waals surface area contributed by atoms with Gasteiger partial charge in [-0.15, -0.1) is 5.10 Å². The second-order valence-electron chi connectivity index (χ2n) is 17.0. The van der Waals surface area contributed by atoms with Crippen molar-refractivity contribution in [3.63, 3.8) is 0 Å². The van der Waals surface area contributed by atoms with Crippen molar-refractivity contribution in [3.05, 3.63) is 59.9 Å². The molecule has 1 aliphatic carbocycles. The third-order valence-electron chi connectivity index (χ3n) is 11.6. The summed E-state index contributed by atoms with van der Waals surface area (Å²) in [5.41, 5.74) is 1.76. The van der Waals surface area contributed by atoms with Crippen LogP contribution >= 0.6 is 0 Å². The molecule has 1 fully saturated rings. The average molecular weight is 848 g/mol. The van der Waals surface area contributed by atoms with Gasteiger partial charge in [0.05, 0.1) is 32.9 Å². The molecule has 3 atom stereocenters. The van der Waals surface area contributed by atoms with E-state index in [1.165, 1.54) is 6.92 Å². The summed E-state index contributed by atoms with van der Waals surface area (Å²) in [6, 6.07) is 10.7. The number of rotatable bonds is 25. The maximum Gasteiger partial charge on any atom is 0.326 e. The molecule has 6 N–H and O–H groups in total. The van der Waals surface area contributed by atoms with Crippen molar-refractivity contribution in [2.24, 2.45) is 17.8 Å². The molecule has 0 saturated heterocycles. The monoisotopic (exact) mass is 847 g/mol. The lowest BCUT2D eigenvalue weighted by molar-refractivity contribution is -0.902. The number of fused-ring (bicyclic) bond motifs is 1. The number of ketones is 2. The number of aromatic nitrogens is 3. The molecular formula is C44H63N8O9+. The summed E-state index contributed by atoms with van der Waals surface area (Å²) in [5.74, 6) is -3.79. The first-order valence-corrected chi connectivity index (χ1v) is 21.3. The molecule has 0 unspecified atom stereocenters. The Labute approximate surface area is 357 Å². The van der Waals surface area contributed by atoms with Crippen LogP contribution in [0.3, 0.4) is 0 Å². The molecule has 0 bridgehead atoms. The lowest BCUT2D eigenvalue weighted by Gasteiger charge is -2.28. The fraction of sp³-hybridized carbons (Fsp3) is 0.568. The van der Waals surface area contributed by atoms with Crippen LogP contribution in [0, 0.1) is 17.8 Å². The minimum Gasteiger partial charge on any atom is -0.481 e. The van der Waals surface area contributed by atoms with Crippen molar-refractivity contribution in [2.45, 2.75) is 110 Å². The lowest BCUT2D eigenvalue weighted by Crippen LogP contribution is -2.50. The summed E-state index contributed by atoms with van der Waals surface area (Å²) in [4.78, 5) is 87.3. The molecule has 4 rings (SSSR count). The highest BCUT2D eigenvalue weighted by molar-refractivity contribution is 5.90. The Balaban J connectivity index is 1.26. The van der Waals surface area contributed by atoms with Gasteiger partial charge in [-0.05, 0) is 93.9 Å². The normalized spacial score (nSPS) is 16.8. The minimum absolute atomic E-state index is 0.0407. The first-order valence-electron chi connectivity index (χ1n) is 21.3. The third-order valence-corrected chi connectivity index (χ3v) is 11.6. The molecule has 17 heteroatoms. The second-order valence-corrected chi connectivity index (χ2v) is 17.0. The van der Waals surface area contributed by atoms with E-state index >= 15 is 0 Å². The number of unbranched alkanes of at least 4 members (excludes halogenated alkanes) is 1. The van der Waals surface area contributed by atoms with Gasteiger partial charge in [0.1, 0.15) is 30.6 Å². The number of carbonyl (C=O) groups excluding carboxylic acids is 5. The number of carboxylic acid groups (broad SMARTS) is 2. The zero-order valence-electron chi connectivity index (χ0n) is 35.9. The maximum atomic E-state index is 13.8. The van der Waals surface area contributed by atoms with Gasteiger partial charge in [0.25, 0.3) is 0 Å². The fourth-order valence-corrected chi connectivity index (χ4v) is 7.60. The van der Waals surface area contributed by atoms with Crippen LogP contribution in [0.4, 0.5) is 4.79 Å². The molecule has 17 nitrogen and oxygen atoms in total. The van der Waals surface area contributed by atoms with Crippen LogP contribution in [0.5, 0.6) is 0 Å². The van der Waals surface area contributed by atoms with E-state index in [4.69, 9.17) is 5.11 Å². The van der Waals surface area contributed by atoms with Gasteiger partial charge < -0.3 is 36.0 Å². The number of carboxylic acids is 2. The summed E-state index contributed by atoms with van der Waals surface area (Å²) >= 11 is 0. The Morgan fingerprint density at radius 2 is 1.59 bits per heavy atom. The number of aliphatic carboxylic acids is 2. The van der Waals surface area contributed by atoms with Crippen LogP contribution in [-0.2, 0) is 48.3 Å². The standard InChI is InChI=1S/C44H62N8O9/c1-5-52(3,4)28-36-26-51(50-49-36)27-40(55)46-25-30-13-17-33(18-14-30)39(54)24-35(23-31-15-16-32-10-6-7-11-34(32)22-31)42(58)45-21-9-8-12-38(43(59)60)48-44(61)47-37(29(2)53)19-20-41(56)57/h6-7,10-11,15-16,22,26,30,33,35,37-38H,5,8-9,12-14,17-21,23-25,27-28H2,1-4H3,(H5-,45,46,47,48,55,56,57,58,59,60,61)/p+1/t30?,33?,35-,37+,38+/m1/s1. The van der Waals surface area contributed by atoms with E-state index in [0.29, 0.717) is 38.6 Å². The Kier molecular flexibility index (Phi) is 18.3. The predicted molar refractivity (Wildman–Crippen MR) is 227 cm³/mol. The van der Waals surface area contributed by atoms with Crippen LogP contribution in [0.15, 0.2) is 48.7 Å². The summed E-state index contributed by atoms with van der Waals surface area (Å²) < 4.78 is 2.32. The number of hydrogen-bond acceptors (Lipinski definition) is 9. The zero-order valence-corrected chi connectivity index (χ0v) is 35.9. The van der Waals surface area contributed by atoms with Crippen LogP contribution < -0.4 is 21.3 Å². The van der Waals surface area contributed by atoms with Crippen molar-refractivity contribution in [1.82, 2.24) is 36.3 Å². The maximum absolute atomic E-state index is 13.8. The minimum atomic E-state index is -1.28. The highest BCUT2D eigenvalue weighted by Crippen LogP contribution is 2.31. The average Bonchev–Trinajstić information content (AvgIpc) is 3.65. The first kappa shape index (κ1) is 48.0. The number of quaternary nitrogens is 1. The zero-order chi connectivity index (χ0) is 44.5. The van der Waals surface area contributed by atoms with E-state index in [0.717, 1.165) is 52.4 Å². The van der Waals surface area contributed by atoms with E-state index in [1.54, 1.807) is 4.68 Å². The van der Waals surface area contributed by atoms with E-state index in [2.05, 4.69) is 52.6 Å². The van der Waals surface area contributed by atoms with Crippen molar-refractivity contribution in [1.29, 1.82) is 0 Å². The van der Waals surface area contributed by atoms with Crippen molar-refractivity contribution in [3.8, 4) is 0 Å². The Hall–Kier alpha value is -5.71. The van der Waals surface area contributed by atoms with Crippen LogP contribution in [0.2, 0.25) is 0 Å². The van der Waals surface area contributed by atoms with Gasteiger partial charge in [0, 0.05) is 37.8 Å². The van der Waals surface area contributed by atoms with Gasteiger partial charge in [0.15, 0.2) is 5.78 Å². The van der Waals surface area contributed by atoms with Gasteiger partial charge in [-0.1, -0.05) is 47.7 Å². The molecule has 2 aromatic carbocycles. The Morgan fingerprint density at radius 3 is 2.26 bits per heavy atom. The summed E-state index contributed by atoms with van der Waals surface area (Å²) in [5, 5.41) is 39.7. The highest BCUT2D eigenvalue weighted by atomic mass is 16.4. The van der Waals surface area contributed by atoms with Gasteiger partial charge >= 0.3 is 18.0 Å². The summed E-state index contributed by atoms with van der Waals surface area (Å²) in [7, 11) is 4.23.